The van der Waals surface area contributed by atoms with Gasteiger partial charge in [-0.2, -0.15) is 0 Å². The fourth-order valence-corrected chi connectivity index (χ4v) is 0.861. The smallest absolute Gasteiger partial charge is 0.0603 e. The third kappa shape index (κ3) is 6.11. The summed E-state index contributed by atoms with van der Waals surface area (Å²) in [4.78, 5) is 2.18. The Morgan fingerprint density at radius 3 is 2.50 bits per heavy atom. The molecular formula is C7H16N2S. The Kier molecular flexibility index (Phi) is 5.73. The van der Waals surface area contributed by atoms with Crippen molar-refractivity contribution in [2.75, 3.05) is 20.6 Å². The fraction of sp³-hybridized carbons (Fsp3) is 1.00. The van der Waals surface area contributed by atoms with Gasteiger partial charge < -0.3 is 4.90 Å². The van der Waals surface area contributed by atoms with Crippen molar-refractivity contribution >= 4 is 12.4 Å². The fourth-order valence-electron chi connectivity index (χ4n) is 0.756. The summed E-state index contributed by atoms with van der Waals surface area (Å²) in [5.41, 5.74) is 0. The second kappa shape index (κ2) is 5.74. The molecule has 0 N–H and O–H groups in total. The van der Waals surface area contributed by atoms with E-state index in [1.165, 1.54) is 6.42 Å². The van der Waals surface area contributed by atoms with Crippen LogP contribution in [-0.2, 0) is 12.4 Å². The van der Waals surface area contributed by atoms with E-state index < -0.39 is 0 Å². The lowest BCUT2D eigenvalue weighted by Gasteiger charge is -2.09. The summed E-state index contributed by atoms with van der Waals surface area (Å²) in [6.07, 6.45) is 2.30. The van der Waals surface area contributed by atoms with Crippen LogP contribution < -0.4 is 0 Å². The average molecular weight is 160 g/mol. The van der Waals surface area contributed by atoms with Crippen LogP contribution >= 0.6 is 0 Å². The van der Waals surface area contributed by atoms with Crippen molar-refractivity contribution in [3.05, 3.63) is 0 Å². The van der Waals surface area contributed by atoms with Crippen LogP contribution in [0.5, 0.6) is 0 Å². The van der Waals surface area contributed by atoms with Crippen molar-refractivity contribution in [2.45, 2.75) is 25.8 Å². The third-order valence-electron chi connectivity index (χ3n) is 1.41. The lowest BCUT2D eigenvalue weighted by Crippen LogP contribution is -2.14. The molecule has 0 aliphatic rings. The van der Waals surface area contributed by atoms with E-state index in [9.17, 15) is 0 Å². The summed E-state index contributed by atoms with van der Waals surface area (Å²) in [5.74, 6) is 0. The molecule has 0 unspecified atom stereocenters. The molecule has 0 radical (unpaired) electrons. The van der Waals surface area contributed by atoms with E-state index in [-0.39, 0.29) is 0 Å². The lowest BCUT2D eigenvalue weighted by atomic mass is 10.2. The molecule has 60 valence electrons. The highest BCUT2D eigenvalue weighted by Crippen LogP contribution is 1.99. The zero-order valence-corrected chi connectivity index (χ0v) is 7.82. The quantitative estimate of drug-likeness (QED) is 0.605. The van der Waals surface area contributed by atoms with Crippen molar-refractivity contribution in [3.8, 4) is 0 Å². The summed E-state index contributed by atoms with van der Waals surface area (Å²) in [6.45, 7) is 3.19. The zero-order valence-electron chi connectivity index (χ0n) is 7.00. The first-order valence-electron chi connectivity index (χ1n) is 3.64. The second-order valence-electron chi connectivity index (χ2n) is 2.90. The molecule has 0 aromatic rings. The summed E-state index contributed by atoms with van der Waals surface area (Å²) in [7, 11) is 4.16. The molecule has 0 fully saturated rings. The summed E-state index contributed by atoms with van der Waals surface area (Å²) < 4.78 is 3.75. The Labute approximate surface area is 68.8 Å². The van der Waals surface area contributed by atoms with Gasteiger partial charge in [-0.15, -0.1) is 0 Å². The van der Waals surface area contributed by atoms with Crippen LogP contribution in [0.2, 0.25) is 0 Å². The van der Waals surface area contributed by atoms with Crippen LogP contribution in [0.25, 0.3) is 0 Å². The second-order valence-corrected chi connectivity index (χ2v) is 3.11. The van der Waals surface area contributed by atoms with Gasteiger partial charge in [0.2, 0.25) is 0 Å². The van der Waals surface area contributed by atoms with Crippen LogP contribution in [0.4, 0.5) is 0 Å². The van der Waals surface area contributed by atoms with Gasteiger partial charge in [-0.3, -0.25) is 0 Å². The highest BCUT2D eigenvalue weighted by atomic mass is 32.1. The van der Waals surface area contributed by atoms with E-state index in [0.29, 0.717) is 6.04 Å². The highest BCUT2D eigenvalue weighted by Gasteiger charge is 1.97. The molecular weight excluding hydrogens is 144 g/mol. The van der Waals surface area contributed by atoms with Crippen molar-refractivity contribution in [1.29, 1.82) is 0 Å². The molecule has 3 heteroatoms. The largest absolute Gasteiger partial charge is 0.309 e. The van der Waals surface area contributed by atoms with Crippen LogP contribution in [0.3, 0.4) is 0 Å². The Morgan fingerprint density at radius 2 is 2.10 bits per heavy atom. The predicted molar refractivity (Wildman–Crippen MR) is 47.0 cm³/mol. The Bertz CT molecular complexity index is 93.6. The molecule has 0 heterocycles. The van der Waals surface area contributed by atoms with Crippen molar-refractivity contribution in [3.63, 3.8) is 0 Å². The van der Waals surface area contributed by atoms with Gasteiger partial charge in [-0.05, 0) is 40.4 Å². The molecule has 0 amide bonds. The lowest BCUT2D eigenvalue weighted by molar-refractivity contribution is 0.388. The van der Waals surface area contributed by atoms with Crippen LogP contribution in [0.15, 0.2) is 4.36 Å². The van der Waals surface area contributed by atoms with E-state index in [1.54, 1.807) is 0 Å². The van der Waals surface area contributed by atoms with Crippen LogP contribution in [0.1, 0.15) is 19.8 Å². The Hall–Kier alpha value is -0.0200. The molecule has 0 rings (SSSR count). The summed E-state index contributed by atoms with van der Waals surface area (Å²) >= 11 is 4.57. The SMILES string of the molecule is C[C@H](CCCN(C)C)N=S. The van der Waals surface area contributed by atoms with Gasteiger partial charge >= 0.3 is 0 Å². The molecule has 0 aliphatic heterocycles. The van der Waals surface area contributed by atoms with Gasteiger partial charge in [0.25, 0.3) is 0 Å². The average Bonchev–Trinajstić information content (AvgIpc) is 1.87. The molecule has 0 spiro atoms. The standard InChI is InChI=1S/C7H16N2S/c1-7(8-10)5-4-6-9(2)3/h7H,4-6H2,1-3H3/t7-/m1/s1. The Morgan fingerprint density at radius 1 is 1.50 bits per heavy atom. The normalized spacial score (nSPS) is 13.6. The Balaban J connectivity index is 3.11. The summed E-state index contributed by atoms with van der Waals surface area (Å²) in [5, 5.41) is 0. The minimum absolute atomic E-state index is 0.356. The molecule has 0 bridgehead atoms. The number of hydrogen-bond donors (Lipinski definition) is 0. The molecule has 0 saturated heterocycles. The minimum atomic E-state index is 0.356. The van der Waals surface area contributed by atoms with Crippen molar-refractivity contribution < 1.29 is 0 Å². The number of hydrogen-bond acceptors (Lipinski definition) is 3. The first-order valence-corrected chi connectivity index (χ1v) is 4.00. The van der Waals surface area contributed by atoms with E-state index in [1.807, 2.05) is 0 Å². The predicted octanol–water partition coefficient (Wildman–Crippen LogP) is 1.45. The van der Waals surface area contributed by atoms with E-state index in [2.05, 4.69) is 42.7 Å². The van der Waals surface area contributed by atoms with E-state index in [4.69, 9.17) is 0 Å². The maximum absolute atomic E-state index is 4.57. The van der Waals surface area contributed by atoms with Crippen LogP contribution in [0, 0.1) is 0 Å². The molecule has 0 aromatic carbocycles. The molecule has 1 atom stereocenters. The van der Waals surface area contributed by atoms with E-state index in [0.717, 1.165) is 13.0 Å². The molecule has 0 aromatic heterocycles. The first-order chi connectivity index (χ1) is 4.66. The van der Waals surface area contributed by atoms with Gasteiger partial charge in [-0.25, -0.2) is 4.36 Å². The number of rotatable bonds is 5. The van der Waals surface area contributed by atoms with Crippen molar-refractivity contribution in [1.82, 2.24) is 4.90 Å². The maximum Gasteiger partial charge on any atom is 0.0603 e. The number of nitrogens with zero attached hydrogens (tertiary/aromatic N) is 2. The summed E-state index contributed by atoms with van der Waals surface area (Å²) in [6, 6.07) is 0.356. The molecule has 10 heavy (non-hydrogen) atoms. The van der Waals surface area contributed by atoms with Gasteiger partial charge in [0.15, 0.2) is 0 Å². The molecule has 0 aliphatic carbocycles. The topological polar surface area (TPSA) is 15.6 Å². The maximum atomic E-state index is 4.57. The van der Waals surface area contributed by atoms with Crippen molar-refractivity contribution in [2.24, 2.45) is 4.36 Å². The highest BCUT2D eigenvalue weighted by molar-refractivity contribution is 7.47. The van der Waals surface area contributed by atoms with Gasteiger partial charge in [0.05, 0.1) is 6.04 Å². The molecule has 0 saturated carbocycles. The minimum Gasteiger partial charge on any atom is -0.309 e. The van der Waals surface area contributed by atoms with Gasteiger partial charge in [0, 0.05) is 12.4 Å². The van der Waals surface area contributed by atoms with Gasteiger partial charge in [-0.1, -0.05) is 0 Å². The monoisotopic (exact) mass is 160 g/mol. The van der Waals surface area contributed by atoms with E-state index >= 15 is 0 Å². The first kappa shape index (κ1) is 9.98. The third-order valence-corrected chi connectivity index (χ3v) is 1.77. The van der Waals surface area contributed by atoms with Crippen LogP contribution in [-0.4, -0.2) is 31.6 Å². The van der Waals surface area contributed by atoms with Gasteiger partial charge in [0.1, 0.15) is 0 Å². The molecule has 2 nitrogen and oxygen atoms in total. The zero-order chi connectivity index (χ0) is 7.98.